The normalized spacial score (nSPS) is 10.4. The minimum Gasteiger partial charge on any atom is -0.497 e. The van der Waals surface area contributed by atoms with Crippen LogP contribution in [0.4, 0.5) is 5.69 Å². The van der Waals surface area contributed by atoms with Crippen LogP contribution in [0.1, 0.15) is 38.8 Å². The molecule has 0 radical (unpaired) electrons. The molecule has 0 aromatic heterocycles. The monoisotopic (exact) mass is 403 g/mol. The third-order valence-corrected chi connectivity index (χ3v) is 5.01. The first-order chi connectivity index (χ1) is 14.5. The van der Waals surface area contributed by atoms with Crippen LogP contribution in [0.2, 0.25) is 0 Å². The van der Waals surface area contributed by atoms with Gasteiger partial charge in [-0.2, -0.15) is 0 Å². The molecule has 0 heterocycles. The summed E-state index contributed by atoms with van der Waals surface area (Å²) in [5, 5.41) is 2.95. The Balaban J connectivity index is 2.12. The van der Waals surface area contributed by atoms with Crippen LogP contribution >= 0.6 is 0 Å². The molecular weight excluding hydrogens is 378 g/mol. The lowest BCUT2D eigenvalue weighted by Gasteiger charge is -2.19. The zero-order valence-corrected chi connectivity index (χ0v) is 17.6. The van der Waals surface area contributed by atoms with Crippen LogP contribution in [0.5, 0.6) is 5.75 Å². The van der Waals surface area contributed by atoms with E-state index in [1.165, 1.54) is 0 Å². The number of benzene rings is 3. The van der Waals surface area contributed by atoms with Gasteiger partial charge in [-0.15, -0.1) is 0 Å². The topological polar surface area (TPSA) is 64.6 Å². The molecule has 0 bridgehead atoms. The number of methoxy groups -OCH3 is 1. The molecule has 0 atom stereocenters. The predicted molar refractivity (Wildman–Crippen MR) is 118 cm³/mol. The van der Waals surface area contributed by atoms with Gasteiger partial charge in [-0.05, 0) is 73.4 Å². The summed E-state index contributed by atoms with van der Waals surface area (Å²) < 4.78 is 10.5. The van der Waals surface area contributed by atoms with Crippen LogP contribution in [0.15, 0.2) is 60.7 Å². The summed E-state index contributed by atoms with van der Waals surface area (Å²) in [6.45, 7) is 5.75. The van der Waals surface area contributed by atoms with Crippen molar-refractivity contribution in [1.29, 1.82) is 0 Å². The van der Waals surface area contributed by atoms with Gasteiger partial charge < -0.3 is 14.8 Å². The van der Waals surface area contributed by atoms with Crippen molar-refractivity contribution in [2.24, 2.45) is 0 Å². The van der Waals surface area contributed by atoms with Crippen molar-refractivity contribution in [3.8, 4) is 16.9 Å². The minimum absolute atomic E-state index is 0.238. The number of hydrogen-bond donors (Lipinski definition) is 1. The van der Waals surface area contributed by atoms with Crippen molar-refractivity contribution in [2.45, 2.75) is 20.8 Å². The molecule has 0 aliphatic heterocycles. The van der Waals surface area contributed by atoms with Gasteiger partial charge in [0.2, 0.25) is 0 Å². The molecule has 1 amide bonds. The number of rotatable bonds is 6. The standard InChI is InChI=1S/C25H25NO4/c1-5-30-25(28)23-16(2)21(18-11-13-20(29-4)14-12-18)15-22(17(23)3)26-24(27)19-9-7-6-8-10-19/h6-15H,5H2,1-4H3,(H,26,27). The zero-order valence-electron chi connectivity index (χ0n) is 17.6. The van der Waals surface area contributed by atoms with E-state index in [-0.39, 0.29) is 12.5 Å². The maximum Gasteiger partial charge on any atom is 0.338 e. The smallest absolute Gasteiger partial charge is 0.338 e. The van der Waals surface area contributed by atoms with Crippen molar-refractivity contribution in [3.63, 3.8) is 0 Å². The van der Waals surface area contributed by atoms with Crippen molar-refractivity contribution in [1.82, 2.24) is 0 Å². The molecule has 154 valence electrons. The molecule has 0 aliphatic carbocycles. The van der Waals surface area contributed by atoms with Crippen molar-refractivity contribution in [3.05, 3.63) is 82.9 Å². The number of carbonyl (C=O) groups excluding carboxylic acids is 2. The van der Waals surface area contributed by atoms with Crippen LogP contribution in [0.3, 0.4) is 0 Å². The molecule has 0 spiro atoms. The third kappa shape index (κ3) is 4.35. The molecule has 5 heteroatoms. The molecule has 3 rings (SSSR count). The Kier molecular flexibility index (Phi) is 6.52. The summed E-state index contributed by atoms with van der Waals surface area (Å²) >= 11 is 0. The van der Waals surface area contributed by atoms with E-state index >= 15 is 0 Å². The molecule has 30 heavy (non-hydrogen) atoms. The van der Waals surface area contributed by atoms with E-state index in [4.69, 9.17) is 9.47 Å². The fourth-order valence-corrected chi connectivity index (χ4v) is 3.41. The summed E-state index contributed by atoms with van der Waals surface area (Å²) in [5.41, 5.74) is 4.81. The first-order valence-corrected chi connectivity index (χ1v) is 9.78. The Labute approximate surface area is 176 Å². The maximum absolute atomic E-state index is 12.7. The summed E-state index contributed by atoms with van der Waals surface area (Å²) in [7, 11) is 1.61. The van der Waals surface area contributed by atoms with Crippen LogP contribution in [-0.4, -0.2) is 25.6 Å². The van der Waals surface area contributed by atoms with Gasteiger partial charge in [0.05, 0.1) is 19.3 Å². The molecule has 3 aromatic rings. The second kappa shape index (κ2) is 9.27. The summed E-state index contributed by atoms with van der Waals surface area (Å²) in [6.07, 6.45) is 0. The van der Waals surface area contributed by atoms with E-state index in [0.717, 1.165) is 22.4 Å². The highest BCUT2D eigenvalue weighted by Crippen LogP contribution is 2.34. The van der Waals surface area contributed by atoms with E-state index in [0.29, 0.717) is 22.4 Å². The lowest BCUT2D eigenvalue weighted by atomic mass is 9.91. The molecule has 1 N–H and O–H groups in total. The quantitative estimate of drug-likeness (QED) is 0.559. The summed E-state index contributed by atoms with van der Waals surface area (Å²) in [4.78, 5) is 25.5. The zero-order chi connectivity index (χ0) is 21.7. The van der Waals surface area contributed by atoms with Crippen LogP contribution in [0, 0.1) is 13.8 Å². The van der Waals surface area contributed by atoms with E-state index in [9.17, 15) is 9.59 Å². The minimum atomic E-state index is -0.405. The van der Waals surface area contributed by atoms with Gasteiger partial charge in [0.25, 0.3) is 5.91 Å². The second-order valence-corrected chi connectivity index (χ2v) is 6.87. The van der Waals surface area contributed by atoms with Gasteiger partial charge in [0, 0.05) is 11.3 Å². The fraction of sp³-hybridized carbons (Fsp3) is 0.200. The van der Waals surface area contributed by atoms with Gasteiger partial charge in [-0.25, -0.2) is 4.79 Å². The molecule has 0 fully saturated rings. The van der Waals surface area contributed by atoms with Crippen molar-refractivity contribution >= 4 is 17.6 Å². The highest BCUT2D eigenvalue weighted by molar-refractivity contribution is 6.06. The van der Waals surface area contributed by atoms with Crippen LogP contribution < -0.4 is 10.1 Å². The predicted octanol–water partition coefficient (Wildman–Crippen LogP) is 5.41. The van der Waals surface area contributed by atoms with Gasteiger partial charge in [-0.1, -0.05) is 30.3 Å². The number of ether oxygens (including phenoxy) is 2. The fourth-order valence-electron chi connectivity index (χ4n) is 3.41. The van der Waals surface area contributed by atoms with E-state index in [1.54, 1.807) is 26.2 Å². The van der Waals surface area contributed by atoms with Gasteiger partial charge >= 0.3 is 5.97 Å². The molecule has 0 saturated heterocycles. The first kappa shape index (κ1) is 21.1. The average Bonchev–Trinajstić information content (AvgIpc) is 2.76. The van der Waals surface area contributed by atoms with Crippen LogP contribution in [0.25, 0.3) is 11.1 Å². The Hall–Kier alpha value is -3.60. The number of nitrogens with one attached hydrogen (secondary N) is 1. The van der Waals surface area contributed by atoms with Gasteiger partial charge in [-0.3, -0.25) is 4.79 Å². The number of carbonyl (C=O) groups is 2. The van der Waals surface area contributed by atoms with Gasteiger partial charge in [0.1, 0.15) is 5.75 Å². The average molecular weight is 403 g/mol. The Morgan fingerprint density at radius 1 is 0.933 bits per heavy atom. The number of esters is 1. The number of anilines is 1. The highest BCUT2D eigenvalue weighted by Gasteiger charge is 2.21. The lowest BCUT2D eigenvalue weighted by molar-refractivity contribution is 0.0524. The first-order valence-electron chi connectivity index (χ1n) is 9.78. The second-order valence-electron chi connectivity index (χ2n) is 6.87. The SMILES string of the molecule is CCOC(=O)c1c(C)c(NC(=O)c2ccccc2)cc(-c2ccc(OC)cc2)c1C. The summed E-state index contributed by atoms with van der Waals surface area (Å²) in [6, 6.07) is 18.4. The Bertz CT molecular complexity index is 1060. The Morgan fingerprint density at radius 2 is 1.60 bits per heavy atom. The van der Waals surface area contributed by atoms with Crippen molar-refractivity contribution in [2.75, 3.05) is 19.0 Å². The van der Waals surface area contributed by atoms with E-state index in [1.807, 2.05) is 62.4 Å². The summed E-state index contributed by atoms with van der Waals surface area (Å²) in [5.74, 6) is 0.0999. The number of hydrogen-bond acceptors (Lipinski definition) is 4. The Morgan fingerprint density at radius 3 is 2.20 bits per heavy atom. The lowest BCUT2D eigenvalue weighted by Crippen LogP contribution is -2.16. The molecule has 0 aliphatic rings. The maximum atomic E-state index is 12.7. The van der Waals surface area contributed by atoms with Crippen molar-refractivity contribution < 1.29 is 19.1 Å². The van der Waals surface area contributed by atoms with Crippen LogP contribution in [-0.2, 0) is 4.74 Å². The largest absolute Gasteiger partial charge is 0.497 e. The molecular formula is C25H25NO4. The van der Waals surface area contributed by atoms with E-state index < -0.39 is 5.97 Å². The highest BCUT2D eigenvalue weighted by atomic mass is 16.5. The molecule has 5 nitrogen and oxygen atoms in total. The molecule has 0 saturated carbocycles. The molecule has 3 aromatic carbocycles. The molecule has 0 unspecified atom stereocenters. The third-order valence-electron chi connectivity index (χ3n) is 5.01. The van der Waals surface area contributed by atoms with E-state index in [2.05, 4.69) is 5.32 Å². The van der Waals surface area contributed by atoms with Gasteiger partial charge in [0.15, 0.2) is 0 Å². The number of amides is 1.